The summed E-state index contributed by atoms with van der Waals surface area (Å²) in [4.78, 5) is 11.2. The van der Waals surface area contributed by atoms with Crippen LogP contribution in [0.4, 0.5) is 0 Å². The van der Waals surface area contributed by atoms with Crippen LogP contribution in [0.1, 0.15) is 29.0 Å². The monoisotopic (exact) mass is 349 g/mol. The molecule has 4 rings (SSSR count). The average Bonchev–Trinajstić information content (AvgIpc) is 3.20. The largest absolute Gasteiger partial charge is 0.357 e. The first kappa shape index (κ1) is 15.8. The van der Waals surface area contributed by atoms with Crippen molar-refractivity contribution in [3.05, 3.63) is 84.2 Å². The fraction of sp³-hybridized carbons (Fsp3) is 0.211. The summed E-state index contributed by atoms with van der Waals surface area (Å²) in [5.74, 6) is 0. The highest BCUT2D eigenvalue weighted by Crippen LogP contribution is 2.39. The van der Waals surface area contributed by atoms with Gasteiger partial charge < -0.3 is 14.8 Å². The molecule has 6 heteroatoms. The molecule has 0 amide bonds. The van der Waals surface area contributed by atoms with E-state index in [4.69, 9.17) is 12.2 Å². The quantitative estimate of drug-likeness (QED) is 0.734. The molecule has 2 unspecified atom stereocenters. The van der Waals surface area contributed by atoms with Crippen LogP contribution in [-0.2, 0) is 13.6 Å². The van der Waals surface area contributed by atoms with Gasteiger partial charge in [-0.05, 0) is 48.1 Å². The van der Waals surface area contributed by atoms with Gasteiger partial charge in [-0.25, -0.2) is 0 Å². The molecule has 1 aliphatic heterocycles. The molecule has 126 valence electrons. The van der Waals surface area contributed by atoms with Gasteiger partial charge in [-0.1, -0.05) is 12.1 Å². The fourth-order valence-corrected chi connectivity index (χ4v) is 3.61. The maximum absolute atomic E-state index is 5.65. The molecular weight excluding hydrogens is 330 g/mol. The minimum absolute atomic E-state index is 0.0137. The van der Waals surface area contributed by atoms with E-state index in [1.807, 2.05) is 55.8 Å². The van der Waals surface area contributed by atoms with Crippen molar-refractivity contribution in [1.82, 2.24) is 24.8 Å². The van der Waals surface area contributed by atoms with Gasteiger partial charge in [0.15, 0.2) is 5.11 Å². The first-order chi connectivity index (χ1) is 12.2. The second-order valence-electron chi connectivity index (χ2n) is 6.19. The average molecular weight is 349 g/mol. The molecule has 0 bridgehead atoms. The first-order valence-electron chi connectivity index (χ1n) is 8.22. The Kier molecular flexibility index (Phi) is 4.19. The number of pyridine rings is 2. The summed E-state index contributed by atoms with van der Waals surface area (Å²) in [5, 5.41) is 4.19. The van der Waals surface area contributed by atoms with Crippen molar-refractivity contribution >= 4 is 17.3 Å². The summed E-state index contributed by atoms with van der Waals surface area (Å²) < 4.78 is 2.06. The number of aromatic nitrogens is 3. The summed E-state index contributed by atoms with van der Waals surface area (Å²) in [7, 11) is 2.03. The normalized spacial score (nSPS) is 19.9. The van der Waals surface area contributed by atoms with Crippen molar-refractivity contribution in [2.24, 2.45) is 7.05 Å². The summed E-state index contributed by atoms with van der Waals surface area (Å²) in [6, 6.07) is 14.2. The second kappa shape index (κ2) is 6.64. The number of hydrogen-bond donors (Lipinski definition) is 1. The number of rotatable bonds is 4. The molecule has 3 aromatic rings. The van der Waals surface area contributed by atoms with E-state index in [1.54, 1.807) is 0 Å². The Bertz CT molecular complexity index is 862. The lowest BCUT2D eigenvalue weighted by atomic mass is 9.99. The summed E-state index contributed by atoms with van der Waals surface area (Å²) in [5.41, 5.74) is 3.19. The third-order valence-electron chi connectivity index (χ3n) is 4.45. The van der Waals surface area contributed by atoms with Crippen molar-refractivity contribution in [2.75, 3.05) is 0 Å². The summed E-state index contributed by atoms with van der Waals surface area (Å²) in [6.45, 7) is 0.662. The lowest BCUT2D eigenvalue weighted by Crippen LogP contribution is -2.29. The third-order valence-corrected chi connectivity index (χ3v) is 4.80. The maximum Gasteiger partial charge on any atom is 0.170 e. The van der Waals surface area contributed by atoms with Crippen molar-refractivity contribution in [1.29, 1.82) is 0 Å². The van der Waals surface area contributed by atoms with E-state index >= 15 is 0 Å². The van der Waals surface area contributed by atoms with Gasteiger partial charge in [-0.2, -0.15) is 0 Å². The summed E-state index contributed by atoms with van der Waals surface area (Å²) >= 11 is 5.65. The predicted molar refractivity (Wildman–Crippen MR) is 101 cm³/mol. The number of nitrogens with zero attached hydrogens (tertiary/aromatic N) is 4. The van der Waals surface area contributed by atoms with E-state index in [-0.39, 0.29) is 12.1 Å². The number of hydrogen-bond acceptors (Lipinski definition) is 3. The minimum atomic E-state index is 0.0137. The molecule has 0 saturated carbocycles. The second-order valence-corrected chi connectivity index (χ2v) is 6.57. The number of thiocarbonyl (C=S) groups is 1. The van der Waals surface area contributed by atoms with Gasteiger partial charge in [0.25, 0.3) is 0 Å². The van der Waals surface area contributed by atoms with E-state index in [1.165, 1.54) is 5.56 Å². The molecule has 0 spiro atoms. The molecule has 0 aliphatic carbocycles. The Hall–Kier alpha value is -2.73. The van der Waals surface area contributed by atoms with Crippen LogP contribution in [0.25, 0.3) is 0 Å². The van der Waals surface area contributed by atoms with Gasteiger partial charge in [0, 0.05) is 31.8 Å². The maximum atomic E-state index is 5.65. The molecule has 25 heavy (non-hydrogen) atoms. The van der Waals surface area contributed by atoms with E-state index in [9.17, 15) is 0 Å². The Labute approximate surface area is 152 Å². The van der Waals surface area contributed by atoms with Gasteiger partial charge >= 0.3 is 0 Å². The SMILES string of the molecule is Cn1ccc(C2C(c3ccccn3)NC(=S)N2Cc2ccccn2)c1. The zero-order chi connectivity index (χ0) is 17.2. The molecule has 4 heterocycles. The highest BCUT2D eigenvalue weighted by molar-refractivity contribution is 7.80. The molecule has 0 radical (unpaired) electrons. The van der Waals surface area contributed by atoms with Gasteiger partial charge in [0.1, 0.15) is 0 Å². The van der Waals surface area contributed by atoms with Crippen LogP contribution in [0.15, 0.2) is 67.3 Å². The Morgan fingerprint density at radius 3 is 2.52 bits per heavy atom. The molecule has 3 aromatic heterocycles. The Morgan fingerprint density at radius 1 is 1.08 bits per heavy atom. The van der Waals surface area contributed by atoms with Crippen LogP contribution in [0.3, 0.4) is 0 Å². The molecule has 1 aliphatic rings. The van der Waals surface area contributed by atoms with Crippen molar-refractivity contribution < 1.29 is 0 Å². The van der Waals surface area contributed by atoms with Gasteiger partial charge in [-0.3, -0.25) is 9.97 Å². The van der Waals surface area contributed by atoms with E-state index in [2.05, 4.69) is 43.2 Å². The molecular formula is C19H19N5S. The zero-order valence-electron chi connectivity index (χ0n) is 13.9. The molecule has 5 nitrogen and oxygen atoms in total. The predicted octanol–water partition coefficient (Wildman–Crippen LogP) is 2.99. The standard InChI is InChI=1S/C19H19N5S/c1-23-11-8-14(12-23)18-17(16-7-3-5-10-21-16)22-19(25)24(18)13-15-6-2-4-9-20-15/h2-12,17-18H,13H2,1H3,(H,22,25). The molecule has 1 saturated heterocycles. The number of aryl methyl sites for hydroxylation is 1. The van der Waals surface area contributed by atoms with Gasteiger partial charge in [0.05, 0.1) is 30.0 Å². The van der Waals surface area contributed by atoms with Crippen LogP contribution in [-0.4, -0.2) is 24.5 Å². The summed E-state index contributed by atoms with van der Waals surface area (Å²) in [6.07, 6.45) is 7.84. The lowest BCUT2D eigenvalue weighted by Gasteiger charge is -2.26. The smallest absolute Gasteiger partial charge is 0.170 e. The van der Waals surface area contributed by atoms with Crippen LogP contribution in [0.2, 0.25) is 0 Å². The zero-order valence-corrected chi connectivity index (χ0v) is 14.7. The number of nitrogens with one attached hydrogen (secondary N) is 1. The van der Waals surface area contributed by atoms with Gasteiger partial charge in [0.2, 0.25) is 0 Å². The molecule has 0 aromatic carbocycles. The fourth-order valence-electron chi connectivity index (χ4n) is 3.31. The molecule has 2 atom stereocenters. The molecule has 1 N–H and O–H groups in total. The van der Waals surface area contributed by atoms with E-state index in [0.29, 0.717) is 6.54 Å². The van der Waals surface area contributed by atoms with Crippen LogP contribution >= 0.6 is 12.2 Å². The van der Waals surface area contributed by atoms with Crippen LogP contribution in [0.5, 0.6) is 0 Å². The van der Waals surface area contributed by atoms with Crippen LogP contribution in [0, 0.1) is 0 Å². The van der Waals surface area contributed by atoms with Crippen molar-refractivity contribution in [3.63, 3.8) is 0 Å². The molecule has 1 fully saturated rings. The van der Waals surface area contributed by atoms with Crippen LogP contribution < -0.4 is 5.32 Å². The van der Waals surface area contributed by atoms with Crippen molar-refractivity contribution in [3.8, 4) is 0 Å². The minimum Gasteiger partial charge on any atom is -0.357 e. The topological polar surface area (TPSA) is 46.0 Å². The highest BCUT2D eigenvalue weighted by Gasteiger charge is 2.40. The Morgan fingerprint density at radius 2 is 1.88 bits per heavy atom. The van der Waals surface area contributed by atoms with Crippen molar-refractivity contribution in [2.45, 2.75) is 18.6 Å². The van der Waals surface area contributed by atoms with Gasteiger partial charge in [-0.15, -0.1) is 0 Å². The van der Waals surface area contributed by atoms with E-state index in [0.717, 1.165) is 16.5 Å². The van der Waals surface area contributed by atoms with E-state index < -0.39 is 0 Å². The Balaban J connectivity index is 1.72. The third kappa shape index (κ3) is 3.13. The highest BCUT2D eigenvalue weighted by atomic mass is 32.1. The lowest BCUT2D eigenvalue weighted by molar-refractivity contribution is 0.308. The first-order valence-corrected chi connectivity index (χ1v) is 8.63.